The highest BCUT2D eigenvalue weighted by atomic mass is 16.5. The Balaban J connectivity index is 1.53. The molecule has 29 heavy (non-hydrogen) atoms. The summed E-state index contributed by atoms with van der Waals surface area (Å²) in [5.41, 5.74) is 3.49. The summed E-state index contributed by atoms with van der Waals surface area (Å²) in [6, 6.07) is 15.3. The molecule has 0 radical (unpaired) electrons. The van der Waals surface area contributed by atoms with E-state index in [1.54, 1.807) is 38.5 Å². The second-order valence-corrected chi connectivity index (χ2v) is 6.72. The monoisotopic (exact) mass is 390 g/mol. The number of carbonyl (C=O) groups is 1. The number of rotatable bonds is 5. The Morgan fingerprint density at radius 3 is 2.66 bits per heavy atom. The minimum atomic E-state index is -0.325. The molecule has 1 N–H and O–H groups in total. The van der Waals surface area contributed by atoms with Crippen LogP contribution in [0, 0.1) is 0 Å². The quantitative estimate of drug-likeness (QED) is 0.720. The van der Waals surface area contributed by atoms with Crippen LogP contribution in [0.2, 0.25) is 0 Å². The average molecular weight is 390 g/mol. The molecular formula is C22H22N4O3. The molecule has 0 saturated heterocycles. The van der Waals surface area contributed by atoms with Gasteiger partial charge in [0.25, 0.3) is 5.91 Å². The predicted octanol–water partition coefficient (Wildman–Crippen LogP) is 3.31. The van der Waals surface area contributed by atoms with Gasteiger partial charge in [0, 0.05) is 25.2 Å². The Morgan fingerprint density at radius 1 is 1.03 bits per heavy atom. The lowest BCUT2D eigenvalue weighted by Crippen LogP contribution is -2.31. The van der Waals surface area contributed by atoms with Crippen molar-refractivity contribution in [2.24, 2.45) is 0 Å². The summed E-state index contributed by atoms with van der Waals surface area (Å²) >= 11 is 0. The van der Waals surface area contributed by atoms with Gasteiger partial charge in [0.05, 0.1) is 19.9 Å². The third-order valence-corrected chi connectivity index (χ3v) is 5.00. The van der Waals surface area contributed by atoms with Crippen LogP contribution in [0.25, 0.3) is 0 Å². The lowest BCUT2D eigenvalue weighted by molar-refractivity contribution is 0.102. The summed E-state index contributed by atoms with van der Waals surface area (Å²) in [5.74, 6) is 1.57. The van der Waals surface area contributed by atoms with Crippen LogP contribution >= 0.6 is 0 Å². The number of aromatic nitrogens is 2. The van der Waals surface area contributed by atoms with Gasteiger partial charge in [-0.15, -0.1) is 0 Å². The van der Waals surface area contributed by atoms with E-state index < -0.39 is 0 Å². The van der Waals surface area contributed by atoms with Gasteiger partial charge in [-0.05, 0) is 29.7 Å². The van der Waals surface area contributed by atoms with Crippen LogP contribution in [0.3, 0.4) is 0 Å². The fourth-order valence-electron chi connectivity index (χ4n) is 3.42. The Bertz CT molecular complexity index is 1040. The molecule has 7 nitrogen and oxygen atoms in total. The molecule has 7 heteroatoms. The van der Waals surface area contributed by atoms with Gasteiger partial charge in [0.2, 0.25) is 0 Å². The zero-order valence-corrected chi connectivity index (χ0v) is 16.4. The third kappa shape index (κ3) is 3.99. The van der Waals surface area contributed by atoms with Crippen molar-refractivity contribution < 1.29 is 14.3 Å². The van der Waals surface area contributed by atoms with E-state index in [4.69, 9.17) is 9.47 Å². The maximum Gasteiger partial charge on any atom is 0.274 e. The molecule has 0 unspecified atom stereocenters. The van der Waals surface area contributed by atoms with Crippen LogP contribution < -0.4 is 19.7 Å². The van der Waals surface area contributed by atoms with Crippen LogP contribution in [0.15, 0.2) is 54.9 Å². The lowest BCUT2D eigenvalue weighted by Gasteiger charge is -2.29. The third-order valence-electron chi connectivity index (χ3n) is 5.00. The first-order valence-electron chi connectivity index (χ1n) is 9.35. The molecule has 2 aromatic carbocycles. The summed E-state index contributed by atoms with van der Waals surface area (Å²) in [5, 5.41) is 2.85. The van der Waals surface area contributed by atoms with Crippen LogP contribution in [0.4, 0.5) is 11.5 Å². The highest BCUT2D eigenvalue weighted by Crippen LogP contribution is 2.29. The van der Waals surface area contributed by atoms with E-state index in [9.17, 15) is 4.79 Å². The molecule has 0 saturated carbocycles. The van der Waals surface area contributed by atoms with Gasteiger partial charge >= 0.3 is 0 Å². The molecule has 1 aromatic heterocycles. The number of methoxy groups -OCH3 is 2. The minimum absolute atomic E-state index is 0.298. The summed E-state index contributed by atoms with van der Waals surface area (Å²) < 4.78 is 10.5. The fourth-order valence-corrected chi connectivity index (χ4v) is 3.42. The number of amides is 1. The van der Waals surface area contributed by atoms with E-state index in [-0.39, 0.29) is 5.91 Å². The SMILES string of the molecule is COc1ccc(NC(=O)c2cc(N3CCc4ccccc4C3)ncn2)c(OC)c1. The molecule has 0 atom stereocenters. The number of ether oxygens (including phenoxy) is 2. The van der Waals surface area contributed by atoms with Gasteiger partial charge in [-0.1, -0.05) is 24.3 Å². The molecule has 1 aliphatic heterocycles. The summed E-state index contributed by atoms with van der Waals surface area (Å²) in [7, 11) is 3.12. The van der Waals surface area contributed by atoms with Crippen LogP contribution in [0.5, 0.6) is 11.5 Å². The zero-order chi connectivity index (χ0) is 20.2. The van der Waals surface area contributed by atoms with Crippen molar-refractivity contribution in [2.45, 2.75) is 13.0 Å². The van der Waals surface area contributed by atoms with Crippen molar-refractivity contribution >= 4 is 17.4 Å². The number of carbonyl (C=O) groups excluding carboxylic acids is 1. The molecular weight excluding hydrogens is 368 g/mol. The van der Waals surface area contributed by atoms with Gasteiger partial charge in [0.1, 0.15) is 29.3 Å². The van der Waals surface area contributed by atoms with Gasteiger partial charge in [-0.2, -0.15) is 0 Å². The molecule has 2 heterocycles. The lowest BCUT2D eigenvalue weighted by atomic mass is 10.00. The molecule has 0 spiro atoms. The molecule has 1 aliphatic rings. The first kappa shape index (κ1) is 18.7. The smallest absolute Gasteiger partial charge is 0.274 e. The van der Waals surface area contributed by atoms with Gasteiger partial charge < -0.3 is 19.7 Å². The summed E-state index contributed by atoms with van der Waals surface area (Å²) in [6.45, 7) is 1.61. The number of nitrogens with zero attached hydrogens (tertiary/aromatic N) is 3. The van der Waals surface area contributed by atoms with Crippen molar-refractivity contribution in [1.29, 1.82) is 0 Å². The Labute approximate surface area is 169 Å². The highest BCUT2D eigenvalue weighted by Gasteiger charge is 2.19. The van der Waals surface area contributed by atoms with Crippen molar-refractivity contribution in [2.75, 3.05) is 31.0 Å². The number of hydrogen-bond donors (Lipinski definition) is 1. The van der Waals surface area contributed by atoms with Gasteiger partial charge in [-0.25, -0.2) is 9.97 Å². The summed E-state index contributed by atoms with van der Waals surface area (Å²) in [6.07, 6.45) is 2.38. The predicted molar refractivity (Wildman–Crippen MR) is 111 cm³/mol. The maximum atomic E-state index is 12.8. The molecule has 3 aromatic rings. The van der Waals surface area contributed by atoms with E-state index in [1.807, 2.05) is 6.07 Å². The second-order valence-electron chi connectivity index (χ2n) is 6.72. The normalized spacial score (nSPS) is 12.8. The largest absolute Gasteiger partial charge is 0.497 e. The molecule has 0 aliphatic carbocycles. The Morgan fingerprint density at radius 2 is 1.86 bits per heavy atom. The zero-order valence-electron chi connectivity index (χ0n) is 16.4. The second kappa shape index (κ2) is 8.18. The van der Waals surface area contributed by atoms with Crippen LogP contribution in [-0.4, -0.2) is 36.6 Å². The maximum absolute atomic E-state index is 12.8. The topological polar surface area (TPSA) is 76.6 Å². The van der Waals surface area contributed by atoms with E-state index >= 15 is 0 Å². The number of nitrogens with one attached hydrogen (secondary N) is 1. The number of hydrogen-bond acceptors (Lipinski definition) is 6. The van der Waals surface area contributed by atoms with Crippen molar-refractivity contribution in [1.82, 2.24) is 9.97 Å². The van der Waals surface area contributed by atoms with Crippen LogP contribution in [0.1, 0.15) is 21.6 Å². The molecule has 1 amide bonds. The van der Waals surface area contributed by atoms with Gasteiger partial charge in [0.15, 0.2) is 0 Å². The molecule has 0 fully saturated rings. The first-order chi connectivity index (χ1) is 14.2. The average Bonchev–Trinajstić information content (AvgIpc) is 2.79. The van der Waals surface area contributed by atoms with Crippen molar-refractivity contribution in [3.8, 4) is 11.5 Å². The molecule has 0 bridgehead atoms. The van der Waals surface area contributed by atoms with E-state index in [1.165, 1.54) is 17.5 Å². The fraction of sp³-hybridized carbons (Fsp3) is 0.227. The Kier molecular flexibility index (Phi) is 5.29. The minimum Gasteiger partial charge on any atom is -0.497 e. The van der Waals surface area contributed by atoms with Crippen LogP contribution in [-0.2, 0) is 13.0 Å². The van der Waals surface area contributed by atoms with Crippen molar-refractivity contribution in [3.63, 3.8) is 0 Å². The Hall–Kier alpha value is -3.61. The van der Waals surface area contributed by atoms with Gasteiger partial charge in [-0.3, -0.25) is 4.79 Å². The standard InChI is InChI=1S/C22H22N4O3/c1-28-17-7-8-18(20(11-17)29-2)25-22(27)19-12-21(24-14-23-19)26-10-9-15-5-3-4-6-16(15)13-26/h3-8,11-12,14H,9-10,13H2,1-2H3,(H,25,27). The number of benzene rings is 2. The molecule has 4 rings (SSSR count). The summed E-state index contributed by atoms with van der Waals surface area (Å²) in [4.78, 5) is 23.4. The molecule has 148 valence electrons. The first-order valence-corrected chi connectivity index (χ1v) is 9.35. The number of fused-ring (bicyclic) bond motifs is 1. The highest BCUT2D eigenvalue weighted by molar-refractivity contribution is 6.04. The number of anilines is 2. The van der Waals surface area contributed by atoms with E-state index in [0.717, 1.165) is 25.3 Å². The van der Waals surface area contributed by atoms with E-state index in [0.29, 0.717) is 22.9 Å². The van der Waals surface area contributed by atoms with E-state index in [2.05, 4.69) is 38.4 Å². The van der Waals surface area contributed by atoms with Crippen molar-refractivity contribution in [3.05, 3.63) is 71.7 Å².